The summed E-state index contributed by atoms with van der Waals surface area (Å²) in [6.07, 6.45) is 2.81. The molecule has 1 unspecified atom stereocenters. The van der Waals surface area contributed by atoms with Crippen molar-refractivity contribution < 1.29 is 4.74 Å². The van der Waals surface area contributed by atoms with Gasteiger partial charge in [0, 0.05) is 5.38 Å². The fourth-order valence-corrected chi connectivity index (χ4v) is 2.78. The van der Waals surface area contributed by atoms with Crippen LogP contribution in [0, 0.1) is 6.92 Å². The number of hydrogen-bond acceptors (Lipinski definition) is 4. The van der Waals surface area contributed by atoms with Crippen molar-refractivity contribution >= 4 is 11.3 Å². The Morgan fingerprint density at radius 3 is 2.89 bits per heavy atom. The van der Waals surface area contributed by atoms with Crippen molar-refractivity contribution in [3.63, 3.8) is 0 Å². The molecule has 19 heavy (non-hydrogen) atoms. The van der Waals surface area contributed by atoms with Gasteiger partial charge in [0.25, 0.3) is 0 Å². The average molecular weight is 274 g/mol. The summed E-state index contributed by atoms with van der Waals surface area (Å²) in [4.78, 5) is 4.58. The van der Waals surface area contributed by atoms with E-state index in [9.17, 15) is 0 Å². The van der Waals surface area contributed by atoms with Crippen molar-refractivity contribution in [2.75, 3.05) is 7.05 Å². The highest BCUT2D eigenvalue weighted by atomic mass is 32.1. The first kappa shape index (κ1) is 12.6. The van der Waals surface area contributed by atoms with Gasteiger partial charge in [0.05, 0.1) is 22.8 Å². The minimum atomic E-state index is 0.132. The average Bonchev–Trinajstić information content (AvgIpc) is 3.12. The van der Waals surface area contributed by atoms with Gasteiger partial charge in [-0.15, -0.1) is 11.3 Å². The zero-order chi connectivity index (χ0) is 13.2. The fraction of sp³-hybridized carbons (Fsp3) is 0.400. The third-order valence-corrected chi connectivity index (χ3v) is 4.03. The van der Waals surface area contributed by atoms with Crippen molar-refractivity contribution in [2.45, 2.75) is 31.9 Å². The maximum atomic E-state index is 5.86. The van der Waals surface area contributed by atoms with Crippen LogP contribution in [0.4, 0.5) is 0 Å². The molecule has 1 saturated carbocycles. The van der Waals surface area contributed by atoms with Gasteiger partial charge in [-0.1, -0.05) is 12.1 Å². The van der Waals surface area contributed by atoms with Gasteiger partial charge in [0.15, 0.2) is 0 Å². The molecule has 0 radical (unpaired) electrons. The van der Waals surface area contributed by atoms with Gasteiger partial charge < -0.3 is 10.1 Å². The number of aromatic nitrogens is 1. The predicted molar refractivity (Wildman–Crippen MR) is 77.8 cm³/mol. The highest BCUT2D eigenvalue weighted by molar-refractivity contribution is 7.09. The Morgan fingerprint density at radius 2 is 2.26 bits per heavy atom. The summed E-state index contributed by atoms with van der Waals surface area (Å²) < 4.78 is 5.86. The minimum Gasteiger partial charge on any atom is -0.490 e. The Morgan fingerprint density at radius 1 is 1.42 bits per heavy atom. The van der Waals surface area contributed by atoms with Crippen LogP contribution in [0.2, 0.25) is 0 Å². The van der Waals surface area contributed by atoms with Gasteiger partial charge >= 0.3 is 0 Å². The van der Waals surface area contributed by atoms with E-state index < -0.39 is 0 Å². The number of benzene rings is 1. The minimum absolute atomic E-state index is 0.132. The second-order valence-corrected chi connectivity index (χ2v) is 5.97. The predicted octanol–water partition coefficient (Wildman–Crippen LogP) is 3.30. The van der Waals surface area contributed by atoms with Crippen molar-refractivity contribution in [1.82, 2.24) is 10.3 Å². The molecule has 1 heterocycles. The van der Waals surface area contributed by atoms with E-state index in [0.29, 0.717) is 6.10 Å². The maximum absolute atomic E-state index is 5.86. The van der Waals surface area contributed by atoms with Crippen LogP contribution in [-0.2, 0) is 0 Å². The van der Waals surface area contributed by atoms with Crippen molar-refractivity contribution in [2.24, 2.45) is 0 Å². The molecule has 3 rings (SSSR count). The molecule has 1 aliphatic rings. The van der Waals surface area contributed by atoms with E-state index in [1.54, 1.807) is 11.3 Å². The van der Waals surface area contributed by atoms with E-state index in [1.807, 2.05) is 20.0 Å². The lowest BCUT2D eigenvalue weighted by Gasteiger charge is -2.15. The largest absolute Gasteiger partial charge is 0.490 e. The SMILES string of the molecule is CNC(c1cccc(OC2CC2)c1)c1csc(C)n1. The van der Waals surface area contributed by atoms with E-state index in [4.69, 9.17) is 4.74 Å². The Kier molecular flexibility index (Phi) is 3.53. The van der Waals surface area contributed by atoms with Gasteiger partial charge in [-0.2, -0.15) is 0 Å². The Bertz CT molecular complexity index is 563. The van der Waals surface area contributed by atoms with Gasteiger partial charge in [-0.05, 0) is 44.5 Å². The van der Waals surface area contributed by atoms with Gasteiger partial charge in [-0.3, -0.25) is 0 Å². The highest BCUT2D eigenvalue weighted by Gasteiger charge is 2.24. The quantitative estimate of drug-likeness (QED) is 0.908. The van der Waals surface area contributed by atoms with Gasteiger partial charge in [0.1, 0.15) is 5.75 Å². The van der Waals surface area contributed by atoms with Gasteiger partial charge in [-0.25, -0.2) is 4.98 Å². The number of hydrogen-bond donors (Lipinski definition) is 1. The van der Waals surface area contributed by atoms with E-state index >= 15 is 0 Å². The Balaban J connectivity index is 1.85. The molecule has 3 nitrogen and oxygen atoms in total. The molecule has 1 fully saturated rings. The summed E-state index contributed by atoms with van der Waals surface area (Å²) in [5.41, 5.74) is 2.28. The lowest BCUT2D eigenvalue weighted by atomic mass is 10.0. The molecule has 0 amide bonds. The standard InChI is InChI=1S/C15H18N2OS/c1-10-17-14(9-19-10)15(16-2)11-4-3-5-13(8-11)18-12-6-7-12/h3-5,8-9,12,15-16H,6-7H2,1-2H3. The molecular formula is C15H18N2OS. The molecule has 0 spiro atoms. The lowest BCUT2D eigenvalue weighted by Crippen LogP contribution is -2.18. The summed E-state index contributed by atoms with van der Waals surface area (Å²) in [5.74, 6) is 0.965. The van der Waals surface area contributed by atoms with Crippen LogP contribution in [0.5, 0.6) is 5.75 Å². The van der Waals surface area contributed by atoms with Crippen LogP contribution in [-0.4, -0.2) is 18.1 Å². The van der Waals surface area contributed by atoms with Crippen molar-refractivity contribution in [3.05, 3.63) is 45.9 Å². The second kappa shape index (κ2) is 5.31. The molecule has 0 saturated heterocycles. The van der Waals surface area contributed by atoms with Crippen LogP contribution < -0.4 is 10.1 Å². The van der Waals surface area contributed by atoms with E-state index in [0.717, 1.165) is 16.5 Å². The molecule has 1 N–H and O–H groups in total. The molecule has 0 aliphatic heterocycles. The van der Waals surface area contributed by atoms with Crippen LogP contribution in [0.1, 0.15) is 35.1 Å². The molecule has 2 aromatic rings. The number of nitrogens with zero attached hydrogens (tertiary/aromatic N) is 1. The third-order valence-electron chi connectivity index (χ3n) is 3.24. The first-order valence-electron chi connectivity index (χ1n) is 6.62. The molecule has 0 bridgehead atoms. The smallest absolute Gasteiger partial charge is 0.120 e. The van der Waals surface area contributed by atoms with Crippen molar-refractivity contribution in [1.29, 1.82) is 0 Å². The number of nitrogens with one attached hydrogen (secondary N) is 1. The monoisotopic (exact) mass is 274 g/mol. The van der Waals surface area contributed by atoms with E-state index in [-0.39, 0.29) is 6.04 Å². The summed E-state index contributed by atoms with van der Waals surface area (Å²) in [6, 6.07) is 8.45. The molecule has 100 valence electrons. The second-order valence-electron chi connectivity index (χ2n) is 4.90. The topological polar surface area (TPSA) is 34.1 Å². The van der Waals surface area contributed by atoms with Crippen molar-refractivity contribution in [3.8, 4) is 5.75 Å². The molecule has 4 heteroatoms. The summed E-state index contributed by atoms with van der Waals surface area (Å²) >= 11 is 1.69. The van der Waals surface area contributed by atoms with Crippen LogP contribution in [0.15, 0.2) is 29.6 Å². The van der Waals surface area contributed by atoms with E-state index in [1.165, 1.54) is 18.4 Å². The summed E-state index contributed by atoms with van der Waals surface area (Å²) in [5, 5.41) is 6.55. The number of rotatable bonds is 5. The Hall–Kier alpha value is -1.39. The van der Waals surface area contributed by atoms with Crippen LogP contribution in [0.3, 0.4) is 0 Å². The molecule has 1 atom stereocenters. The van der Waals surface area contributed by atoms with E-state index in [2.05, 4.69) is 33.9 Å². The van der Waals surface area contributed by atoms with Crippen LogP contribution in [0.25, 0.3) is 0 Å². The third kappa shape index (κ3) is 2.96. The molecule has 1 aromatic carbocycles. The number of ether oxygens (including phenoxy) is 1. The number of thiazole rings is 1. The highest BCUT2D eigenvalue weighted by Crippen LogP contribution is 2.30. The zero-order valence-electron chi connectivity index (χ0n) is 11.2. The first-order valence-corrected chi connectivity index (χ1v) is 7.50. The normalized spacial score (nSPS) is 16.3. The lowest BCUT2D eigenvalue weighted by molar-refractivity contribution is 0.302. The molecule has 1 aliphatic carbocycles. The summed E-state index contributed by atoms with van der Waals surface area (Å²) in [6.45, 7) is 2.04. The molecule has 1 aromatic heterocycles. The maximum Gasteiger partial charge on any atom is 0.120 e. The molecular weight excluding hydrogens is 256 g/mol. The fourth-order valence-electron chi connectivity index (χ4n) is 2.14. The van der Waals surface area contributed by atoms with Crippen LogP contribution >= 0.6 is 11.3 Å². The first-order chi connectivity index (χ1) is 9.26. The van der Waals surface area contributed by atoms with Gasteiger partial charge in [0.2, 0.25) is 0 Å². The zero-order valence-corrected chi connectivity index (χ0v) is 12.0. The Labute approximate surface area is 117 Å². The number of aryl methyl sites for hydroxylation is 1. The summed E-state index contributed by atoms with van der Waals surface area (Å²) in [7, 11) is 1.97.